The Morgan fingerprint density at radius 1 is 0.973 bits per heavy atom. The van der Waals surface area contributed by atoms with E-state index in [1.807, 2.05) is 24.4 Å². The van der Waals surface area contributed by atoms with Gasteiger partial charge in [-0.1, -0.05) is 13.8 Å². The van der Waals surface area contributed by atoms with Crippen LogP contribution in [0.1, 0.15) is 38.8 Å². The van der Waals surface area contributed by atoms with Gasteiger partial charge in [0.1, 0.15) is 11.2 Å². The quantitative estimate of drug-likeness (QED) is 0.118. The van der Waals surface area contributed by atoms with Crippen LogP contribution in [0, 0.1) is 17.9 Å². The number of carbonyl (C=O) groups is 1. The summed E-state index contributed by atoms with van der Waals surface area (Å²) in [4.78, 5) is 14.7. The van der Waals surface area contributed by atoms with Gasteiger partial charge in [0.2, 0.25) is 0 Å². The molecule has 0 spiro atoms. The van der Waals surface area contributed by atoms with Crippen LogP contribution in [0.2, 0.25) is 0 Å². The van der Waals surface area contributed by atoms with Crippen molar-refractivity contribution in [1.82, 2.24) is 4.98 Å². The topological polar surface area (TPSA) is 63.3 Å². The summed E-state index contributed by atoms with van der Waals surface area (Å²) < 4.78 is 6.31. The molecule has 191 valence electrons. The van der Waals surface area contributed by atoms with Crippen LogP contribution in [0.15, 0.2) is 77.0 Å². The van der Waals surface area contributed by atoms with Gasteiger partial charge in [-0.15, -0.1) is 35.9 Å². The average Bonchev–Trinajstić information content (AvgIpc) is 3.18. The van der Waals surface area contributed by atoms with E-state index in [4.69, 9.17) is 9.52 Å². The molecular weight excluding hydrogens is 639 g/mol. The van der Waals surface area contributed by atoms with E-state index < -0.39 is 0 Å². The summed E-state index contributed by atoms with van der Waals surface area (Å²) in [7, 11) is 0. The van der Waals surface area contributed by atoms with E-state index in [1.54, 1.807) is 0 Å². The Bertz CT molecular complexity index is 1610. The van der Waals surface area contributed by atoms with Crippen LogP contribution in [0.3, 0.4) is 0 Å². The van der Waals surface area contributed by atoms with E-state index in [-0.39, 0.29) is 31.6 Å². The van der Waals surface area contributed by atoms with Gasteiger partial charge in [-0.3, -0.25) is 4.79 Å². The zero-order chi connectivity index (χ0) is 25.4. The maximum absolute atomic E-state index is 10.0. The number of rotatable bonds is 2. The third-order valence-electron chi connectivity index (χ3n) is 7.11. The summed E-state index contributed by atoms with van der Waals surface area (Å²) in [5, 5.41) is 13.0. The number of nitrogens with zero attached hydrogens (tertiary/aromatic N) is 1. The van der Waals surface area contributed by atoms with Gasteiger partial charge in [-0.05, 0) is 96.5 Å². The first kappa shape index (κ1) is 26.8. The summed E-state index contributed by atoms with van der Waals surface area (Å²) in [5.74, 6) is 1.39. The fourth-order valence-electron chi connectivity index (χ4n) is 5.10. The molecule has 2 aromatic heterocycles. The van der Waals surface area contributed by atoms with Crippen molar-refractivity contribution in [2.45, 2.75) is 40.5 Å². The minimum Gasteiger partial charge on any atom is -0.512 e. The number of aromatic nitrogens is 1. The van der Waals surface area contributed by atoms with Gasteiger partial charge in [-0.2, -0.15) is 0 Å². The van der Waals surface area contributed by atoms with Gasteiger partial charge >= 0.3 is 0 Å². The molecule has 0 saturated heterocycles. The molecule has 1 radical (unpaired) electrons. The van der Waals surface area contributed by atoms with Crippen LogP contribution < -0.4 is 0 Å². The Morgan fingerprint density at radius 3 is 2.27 bits per heavy atom. The number of furan rings is 1. The van der Waals surface area contributed by atoms with Gasteiger partial charge < -0.3 is 14.5 Å². The Kier molecular flexibility index (Phi) is 7.96. The van der Waals surface area contributed by atoms with Gasteiger partial charge in [0.05, 0.1) is 5.76 Å². The van der Waals surface area contributed by atoms with Crippen molar-refractivity contribution in [3.8, 4) is 11.3 Å². The van der Waals surface area contributed by atoms with E-state index in [0.29, 0.717) is 0 Å². The van der Waals surface area contributed by atoms with Crippen molar-refractivity contribution >= 4 is 38.5 Å². The third kappa shape index (κ3) is 5.53. The number of benzene rings is 3. The number of aliphatic hydroxyl groups excluding tert-OH is 1. The fraction of sp³-hybridized carbons (Fsp3) is 0.250. The van der Waals surface area contributed by atoms with Crippen molar-refractivity contribution in [2.75, 3.05) is 0 Å². The molecule has 3 aromatic carbocycles. The van der Waals surface area contributed by atoms with Crippen molar-refractivity contribution in [2.24, 2.45) is 11.8 Å². The molecule has 0 saturated carbocycles. The molecule has 2 heterocycles. The maximum Gasteiger partial charge on any atom is 0.155 e. The molecule has 5 aromatic rings. The van der Waals surface area contributed by atoms with E-state index >= 15 is 0 Å². The standard InChI is InChI=1S/C27H22NO.C5H8O2.Ir/c1-16-10-20-12-23-24-15-22-19(8-9-28-27(22)18-6-4-3-5-7-18)13-25(24)29-26(23)14-21(20)11-17(16)2;1-4(6)3-5(2)7;/h3-6,8-9,12-17H,10-11H2,1-2H3;3,6H,1-2H3;/q-1;;/b;4-3-;. The number of fused-ring (bicyclic) bond motifs is 5. The average molecular weight is 669 g/mol. The Labute approximate surface area is 230 Å². The number of allylic oxidation sites excluding steroid dienone is 2. The first-order valence-corrected chi connectivity index (χ1v) is 12.4. The number of pyridine rings is 1. The second-order valence-electron chi connectivity index (χ2n) is 9.98. The van der Waals surface area contributed by atoms with Crippen molar-refractivity contribution in [1.29, 1.82) is 0 Å². The Balaban J connectivity index is 0.000000356. The predicted molar refractivity (Wildman–Crippen MR) is 146 cm³/mol. The van der Waals surface area contributed by atoms with Crippen LogP contribution >= 0.6 is 0 Å². The summed E-state index contributed by atoms with van der Waals surface area (Å²) in [6.07, 6.45) is 5.33. The normalized spacial score (nSPS) is 17.1. The molecule has 6 rings (SSSR count). The fourth-order valence-corrected chi connectivity index (χ4v) is 5.10. The predicted octanol–water partition coefficient (Wildman–Crippen LogP) is 8.01. The van der Waals surface area contributed by atoms with Crippen molar-refractivity contribution in [3.05, 3.63) is 89.8 Å². The molecule has 37 heavy (non-hydrogen) atoms. The van der Waals surface area contributed by atoms with Crippen molar-refractivity contribution in [3.63, 3.8) is 0 Å². The van der Waals surface area contributed by atoms with Crippen LogP contribution in [-0.4, -0.2) is 15.9 Å². The molecule has 2 atom stereocenters. The van der Waals surface area contributed by atoms with Crippen LogP contribution in [0.4, 0.5) is 0 Å². The SMILES string of the molecule is CC(=O)/C=C(/C)O.CC1Cc2cc3oc4cc5ccnc(-c6[c-]cccc6)c5cc4c3cc2CC1C.[Ir]. The molecule has 0 amide bonds. The molecule has 4 nitrogen and oxygen atoms in total. The molecule has 2 unspecified atom stereocenters. The zero-order valence-corrected chi connectivity index (χ0v) is 23.9. The van der Waals surface area contributed by atoms with Gasteiger partial charge in [0, 0.05) is 43.2 Å². The van der Waals surface area contributed by atoms with Gasteiger partial charge in [-0.25, -0.2) is 0 Å². The molecule has 0 fully saturated rings. The molecule has 1 aliphatic carbocycles. The first-order chi connectivity index (χ1) is 17.3. The van der Waals surface area contributed by atoms with Crippen LogP contribution in [0.25, 0.3) is 44.0 Å². The monoisotopic (exact) mass is 669 g/mol. The van der Waals surface area contributed by atoms with E-state index in [9.17, 15) is 4.79 Å². The van der Waals surface area contributed by atoms with E-state index in [1.165, 1.54) is 41.8 Å². The molecule has 5 heteroatoms. The number of hydrogen-bond donors (Lipinski definition) is 1. The summed E-state index contributed by atoms with van der Waals surface area (Å²) in [6.45, 7) is 7.58. The second-order valence-corrected chi connectivity index (χ2v) is 9.98. The minimum absolute atomic E-state index is 0. The Hall–Kier alpha value is -3.27. The third-order valence-corrected chi connectivity index (χ3v) is 7.11. The smallest absolute Gasteiger partial charge is 0.155 e. The molecule has 1 N–H and O–H groups in total. The minimum atomic E-state index is -0.125. The van der Waals surface area contributed by atoms with Crippen LogP contribution in [-0.2, 0) is 37.7 Å². The van der Waals surface area contributed by atoms with E-state index in [0.717, 1.165) is 57.9 Å². The number of ketones is 1. The summed E-state index contributed by atoms with van der Waals surface area (Å²) in [6, 6.07) is 22.5. The first-order valence-electron chi connectivity index (χ1n) is 12.4. The van der Waals surface area contributed by atoms with Gasteiger partial charge in [0.25, 0.3) is 0 Å². The molecule has 0 bridgehead atoms. The number of carbonyl (C=O) groups excluding carboxylic acids is 1. The second kappa shape index (κ2) is 11.0. The number of hydrogen-bond acceptors (Lipinski definition) is 4. The molecule has 0 aliphatic heterocycles. The maximum atomic E-state index is 10.0. The van der Waals surface area contributed by atoms with E-state index in [2.05, 4.69) is 61.3 Å². The Morgan fingerprint density at radius 2 is 1.65 bits per heavy atom. The summed E-state index contributed by atoms with van der Waals surface area (Å²) >= 11 is 0. The molecule has 1 aliphatic rings. The number of aliphatic hydroxyl groups is 1. The zero-order valence-electron chi connectivity index (χ0n) is 21.5. The van der Waals surface area contributed by atoms with Gasteiger partial charge in [0.15, 0.2) is 5.78 Å². The molecular formula is C32H30IrNO3-. The van der Waals surface area contributed by atoms with Crippen LogP contribution in [0.5, 0.6) is 0 Å². The van der Waals surface area contributed by atoms with Crippen molar-refractivity contribution < 1.29 is 34.4 Å². The summed E-state index contributed by atoms with van der Waals surface area (Å²) in [5.41, 5.74) is 6.87. The largest absolute Gasteiger partial charge is 0.512 e.